The van der Waals surface area contributed by atoms with Gasteiger partial charge in [0.05, 0.1) is 4.90 Å². The van der Waals surface area contributed by atoms with Gasteiger partial charge in [0.15, 0.2) is 0 Å². The van der Waals surface area contributed by atoms with Crippen molar-refractivity contribution in [2.45, 2.75) is 43.0 Å². The summed E-state index contributed by atoms with van der Waals surface area (Å²) in [6, 6.07) is 19.7. The van der Waals surface area contributed by atoms with Crippen LogP contribution < -0.4 is 5.32 Å². The number of halogens is 1. The molecule has 0 aliphatic carbocycles. The lowest BCUT2D eigenvalue weighted by Crippen LogP contribution is -2.43. The molecule has 3 rings (SSSR count). The van der Waals surface area contributed by atoms with Crippen LogP contribution in [0, 0.1) is 0 Å². The summed E-state index contributed by atoms with van der Waals surface area (Å²) in [5, 5.41) is 3.55. The average molecular weight is 466 g/mol. The van der Waals surface area contributed by atoms with Crippen molar-refractivity contribution in [2.24, 2.45) is 0 Å². The van der Waals surface area contributed by atoms with Crippen molar-refractivity contribution in [1.29, 1.82) is 0 Å². The summed E-state index contributed by atoms with van der Waals surface area (Å²) in [5.41, 5.74) is 1.20. The molecule has 1 aliphatic heterocycles. The number of nitrogens with zero attached hydrogens (tertiary/aromatic N) is 2. The highest BCUT2D eigenvalue weighted by molar-refractivity contribution is 7.89. The van der Waals surface area contributed by atoms with Gasteiger partial charge < -0.3 is 10.2 Å². The molecule has 0 bridgehead atoms. The lowest BCUT2D eigenvalue weighted by Gasteiger charge is -2.33. The molecule has 1 heterocycles. The number of benzene rings is 2. The smallest absolute Gasteiger partial charge is 0.242 e. The van der Waals surface area contributed by atoms with Gasteiger partial charge in [-0.1, -0.05) is 55.5 Å². The number of nitrogens with one attached hydrogen (secondary N) is 1. The molecular weight excluding hydrogens is 430 g/mol. The van der Waals surface area contributed by atoms with Crippen LogP contribution in [0.3, 0.4) is 0 Å². The number of piperidine rings is 1. The molecule has 5 nitrogen and oxygen atoms in total. The standard InChI is InChI=1S/C24H35N3O2S.ClH/c1-3-25-23-15-18-27(19-16-23)17-14-22(21-10-6-4-7-11-21)20-26(2)30(28,29)24-12-8-5-9-13-24;/h4-13,22-23,25H,3,14-20H2,1-2H3;1H/t22-;/m0./s1. The largest absolute Gasteiger partial charge is 0.314 e. The zero-order chi connectivity index (χ0) is 21.4. The van der Waals surface area contributed by atoms with Gasteiger partial charge >= 0.3 is 0 Å². The van der Waals surface area contributed by atoms with E-state index in [9.17, 15) is 8.42 Å². The van der Waals surface area contributed by atoms with Crippen molar-refractivity contribution < 1.29 is 8.42 Å². The molecule has 0 amide bonds. The second-order valence-corrected chi connectivity index (χ2v) is 10.2. The molecule has 0 saturated carbocycles. The van der Waals surface area contributed by atoms with Gasteiger partial charge in [0.25, 0.3) is 0 Å². The van der Waals surface area contributed by atoms with Crippen molar-refractivity contribution in [3.8, 4) is 0 Å². The number of hydrogen-bond donors (Lipinski definition) is 1. The van der Waals surface area contributed by atoms with Gasteiger partial charge in [-0.3, -0.25) is 0 Å². The Morgan fingerprint density at radius 2 is 1.61 bits per heavy atom. The molecule has 31 heavy (non-hydrogen) atoms. The molecule has 1 aliphatic rings. The summed E-state index contributed by atoms with van der Waals surface area (Å²) >= 11 is 0. The first kappa shape index (κ1) is 25.8. The molecule has 0 spiro atoms. The van der Waals surface area contributed by atoms with Crippen molar-refractivity contribution in [3.05, 3.63) is 66.2 Å². The molecule has 1 N–H and O–H groups in total. The highest BCUT2D eigenvalue weighted by Crippen LogP contribution is 2.25. The normalized spacial score (nSPS) is 16.7. The van der Waals surface area contributed by atoms with Crippen molar-refractivity contribution in [1.82, 2.24) is 14.5 Å². The Balaban J connectivity index is 0.00000341. The minimum absolute atomic E-state index is 0. The molecule has 2 aromatic carbocycles. The van der Waals surface area contributed by atoms with Gasteiger partial charge in [0, 0.05) is 19.6 Å². The summed E-state index contributed by atoms with van der Waals surface area (Å²) in [6.07, 6.45) is 3.32. The number of sulfonamides is 1. The molecule has 1 fully saturated rings. The van der Waals surface area contributed by atoms with E-state index in [4.69, 9.17) is 0 Å². The van der Waals surface area contributed by atoms with Crippen molar-refractivity contribution >= 4 is 22.4 Å². The highest BCUT2D eigenvalue weighted by atomic mass is 35.5. The Morgan fingerprint density at radius 3 is 2.19 bits per heavy atom. The molecule has 0 radical (unpaired) electrons. The zero-order valence-corrected chi connectivity index (χ0v) is 20.2. The van der Waals surface area contributed by atoms with Gasteiger partial charge in [-0.2, -0.15) is 0 Å². The summed E-state index contributed by atoms with van der Waals surface area (Å²) in [4.78, 5) is 2.87. The van der Waals surface area contributed by atoms with E-state index in [0.29, 0.717) is 17.5 Å². The number of likely N-dealkylation sites (N-methyl/N-ethyl adjacent to an activating group) is 1. The third kappa shape index (κ3) is 7.29. The van der Waals surface area contributed by atoms with Gasteiger partial charge in [0.1, 0.15) is 0 Å². The molecule has 172 valence electrons. The predicted molar refractivity (Wildman–Crippen MR) is 130 cm³/mol. The molecule has 1 saturated heterocycles. The third-order valence-corrected chi connectivity index (χ3v) is 7.91. The van der Waals surface area contributed by atoms with E-state index in [1.54, 1.807) is 31.3 Å². The second kappa shape index (κ2) is 12.6. The maximum atomic E-state index is 13.0. The number of likely N-dealkylation sites (tertiary alicyclic amines) is 1. The molecule has 0 aromatic heterocycles. The quantitative estimate of drug-likeness (QED) is 0.576. The monoisotopic (exact) mass is 465 g/mol. The van der Waals surface area contributed by atoms with Crippen LogP contribution in [0.15, 0.2) is 65.6 Å². The van der Waals surface area contributed by atoms with Gasteiger partial charge in [-0.15, -0.1) is 12.4 Å². The second-order valence-electron chi connectivity index (χ2n) is 8.17. The Kier molecular flexibility index (Phi) is 10.5. The van der Waals surface area contributed by atoms with Gasteiger partial charge in [-0.25, -0.2) is 12.7 Å². The average Bonchev–Trinajstić information content (AvgIpc) is 2.79. The van der Waals surface area contributed by atoms with E-state index in [0.717, 1.165) is 32.6 Å². The maximum absolute atomic E-state index is 13.0. The van der Waals surface area contributed by atoms with E-state index in [-0.39, 0.29) is 18.3 Å². The Labute approximate surface area is 194 Å². The first-order valence-corrected chi connectivity index (χ1v) is 12.5. The van der Waals surface area contributed by atoms with E-state index in [1.165, 1.54) is 22.7 Å². The predicted octanol–water partition coefficient (Wildman–Crippen LogP) is 3.98. The minimum Gasteiger partial charge on any atom is -0.314 e. The van der Waals surface area contributed by atoms with Crippen LogP contribution in [0.5, 0.6) is 0 Å². The first-order chi connectivity index (χ1) is 14.5. The van der Waals surface area contributed by atoms with E-state index in [1.807, 2.05) is 24.3 Å². The van der Waals surface area contributed by atoms with E-state index in [2.05, 4.69) is 29.3 Å². The molecular formula is C24H36ClN3O2S. The summed E-state index contributed by atoms with van der Waals surface area (Å²) in [7, 11) is -1.79. The number of hydrogen-bond acceptors (Lipinski definition) is 4. The Bertz CT molecular complexity index is 857. The fourth-order valence-corrected chi connectivity index (χ4v) is 5.49. The topological polar surface area (TPSA) is 52.6 Å². The van der Waals surface area contributed by atoms with Gasteiger partial charge in [0.2, 0.25) is 10.0 Å². The lowest BCUT2D eigenvalue weighted by molar-refractivity contribution is 0.191. The van der Waals surface area contributed by atoms with Crippen LogP contribution in [-0.4, -0.2) is 63.4 Å². The van der Waals surface area contributed by atoms with Crippen LogP contribution >= 0.6 is 12.4 Å². The molecule has 0 unspecified atom stereocenters. The van der Waals surface area contributed by atoms with E-state index >= 15 is 0 Å². The Morgan fingerprint density at radius 1 is 1.03 bits per heavy atom. The summed E-state index contributed by atoms with van der Waals surface area (Å²) in [5.74, 6) is 0.168. The fourth-order valence-electron chi connectivity index (χ4n) is 4.26. The molecule has 1 atom stereocenters. The van der Waals surface area contributed by atoms with E-state index < -0.39 is 10.0 Å². The van der Waals surface area contributed by atoms with Crippen LogP contribution in [0.4, 0.5) is 0 Å². The Hall–Kier alpha value is -1.44. The minimum atomic E-state index is -3.49. The molecule has 2 aromatic rings. The van der Waals surface area contributed by atoms with Crippen LogP contribution in [0.25, 0.3) is 0 Å². The van der Waals surface area contributed by atoms with Gasteiger partial charge in [-0.05, 0) is 69.1 Å². The zero-order valence-electron chi connectivity index (χ0n) is 18.6. The summed E-state index contributed by atoms with van der Waals surface area (Å²) in [6.45, 7) is 6.89. The summed E-state index contributed by atoms with van der Waals surface area (Å²) < 4.78 is 27.5. The first-order valence-electron chi connectivity index (χ1n) is 11.0. The number of rotatable bonds is 10. The molecule has 7 heteroatoms. The van der Waals surface area contributed by atoms with Crippen LogP contribution in [0.1, 0.15) is 37.7 Å². The van der Waals surface area contributed by atoms with Crippen molar-refractivity contribution in [3.63, 3.8) is 0 Å². The maximum Gasteiger partial charge on any atom is 0.242 e. The van der Waals surface area contributed by atoms with Crippen LogP contribution in [0.2, 0.25) is 0 Å². The van der Waals surface area contributed by atoms with Crippen LogP contribution in [-0.2, 0) is 10.0 Å². The fraction of sp³-hybridized carbons (Fsp3) is 0.500. The third-order valence-electron chi connectivity index (χ3n) is 6.07. The highest BCUT2D eigenvalue weighted by Gasteiger charge is 2.25. The SMILES string of the molecule is CCNC1CCN(CC[C@@H](CN(C)S(=O)(=O)c2ccccc2)c2ccccc2)CC1.Cl. The van der Waals surface area contributed by atoms with Crippen molar-refractivity contribution in [2.75, 3.05) is 39.8 Å². The lowest BCUT2D eigenvalue weighted by atomic mass is 9.94.